The van der Waals surface area contributed by atoms with Gasteiger partial charge in [0.15, 0.2) is 0 Å². The summed E-state index contributed by atoms with van der Waals surface area (Å²) < 4.78 is 0. The molecule has 0 unspecified atom stereocenters. The van der Waals surface area contributed by atoms with Gasteiger partial charge in [-0.2, -0.15) is 0 Å². The third kappa shape index (κ3) is 6.04. The molecular formula is C16H32N2O3. The number of aliphatic carboxylic acids is 1. The van der Waals surface area contributed by atoms with Crippen LogP contribution in [0.1, 0.15) is 60.8 Å². The smallest absolute Gasteiger partial charge is 0.310 e. The predicted molar refractivity (Wildman–Crippen MR) is 85.3 cm³/mol. The molecule has 0 spiro atoms. The Morgan fingerprint density at radius 1 is 1.10 bits per heavy atom. The molecule has 0 aliphatic heterocycles. The summed E-state index contributed by atoms with van der Waals surface area (Å²) in [6.07, 6.45) is 0.991. The standard InChI is InChI=1S/C16H32N2O3/c1-7-16(8-2,15(20)21)11-14(19)17-9-10-18(12(3)4)13(5)6/h12-13H,7-11H2,1-6H3,(H,17,19)(H,20,21). The lowest BCUT2D eigenvalue weighted by Crippen LogP contribution is -2.43. The average Bonchev–Trinajstić information content (AvgIpc) is 2.39. The number of nitrogens with one attached hydrogen (secondary N) is 1. The molecule has 0 bridgehead atoms. The summed E-state index contributed by atoms with van der Waals surface area (Å²) in [5.41, 5.74) is -0.931. The van der Waals surface area contributed by atoms with Crippen LogP contribution in [0.3, 0.4) is 0 Å². The van der Waals surface area contributed by atoms with E-state index in [1.165, 1.54) is 0 Å². The molecule has 0 radical (unpaired) electrons. The number of carbonyl (C=O) groups excluding carboxylic acids is 1. The number of hydrogen-bond donors (Lipinski definition) is 2. The fourth-order valence-electron chi connectivity index (χ4n) is 2.69. The van der Waals surface area contributed by atoms with Gasteiger partial charge in [0, 0.05) is 31.6 Å². The van der Waals surface area contributed by atoms with Gasteiger partial charge in [-0.05, 0) is 40.5 Å². The van der Waals surface area contributed by atoms with Crippen LogP contribution in [0.5, 0.6) is 0 Å². The number of rotatable bonds is 10. The van der Waals surface area contributed by atoms with E-state index in [0.717, 1.165) is 6.54 Å². The monoisotopic (exact) mass is 300 g/mol. The molecule has 0 aromatic heterocycles. The van der Waals surface area contributed by atoms with Crippen LogP contribution < -0.4 is 5.32 Å². The van der Waals surface area contributed by atoms with Crippen LogP contribution in [0.2, 0.25) is 0 Å². The quantitative estimate of drug-likeness (QED) is 0.650. The second-order valence-electron chi connectivity index (χ2n) is 6.24. The van der Waals surface area contributed by atoms with Crippen molar-refractivity contribution in [2.24, 2.45) is 5.41 Å². The molecule has 0 aliphatic rings. The van der Waals surface area contributed by atoms with Crippen LogP contribution >= 0.6 is 0 Å². The Labute approximate surface area is 129 Å². The van der Waals surface area contributed by atoms with Gasteiger partial charge in [-0.1, -0.05) is 13.8 Å². The van der Waals surface area contributed by atoms with Gasteiger partial charge in [-0.3, -0.25) is 14.5 Å². The van der Waals surface area contributed by atoms with Crippen molar-refractivity contribution in [3.63, 3.8) is 0 Å². The number of carbonyl (C=O) groups is 2. The molecule has 0 aromatic carbocycles. The summed E-state index contributed by atoms with van der Waals surface area (Å²) in [4.78, 5) is 25.7. The molecule has 0 saturated carbocycles. The first kappa shape index (κ1) is 19.9. The van der Waals surface area contributed by atoms with E-state index < -0.39 is 11.4 Å². The molecule has 5 heteroatoms. The minimum absolute atomic E-state index is 0.0543. The van der Waals surface area contributed by atoms with E-state index in [4.69, 9.17) is 0 Å². The fraction of sp³-hybridized carbons (Fsp3) is 0.875. The highest BCUT2D eigenvalue weighted by Crippen LogP contribution is 2.30. The maximum Gasteiger partial charge on any atom is 0.310 e. The highest BCUT2D eigenvalue weighted by molar-refractivity contribution is 5.84. The third-order valence-electron chi connectivity index (χ3n) is 4.32. The Bertz CT molecular complexity index is 328. The molecule has 0 saturated heterocycles. The van der Waals surface area contributed by atoms with Gasteiger partial charge in [0.1, 0.15) is 0 Å². The summed E-state index contributed by atoms with van der Waals surface area (Å²) >= 11 is 0. The van der Waals surface area contributed by atoms with Gasteiger partial charge in [-0.15, -0.1) is 0 Å². The van der Waals surface area contributed by atoms with Crippen molar-refractivity contribution >= 4 is 11.9 Å². The maximum absolute atomic E-state index is 12.0. The van der Waals surface area contributed by atoms with Gasteiger partial charge in [0.25, 0.3) is 0 Å². The minimum Gasteiger partial charge on any atom is -0.481 e. The highest BCUT2D eigenvalue weighted by atomic mass is 16.4. The lowest BCUT2D eigenvalue weighted by atomic mass is 9.79. The average molecular weight is 300 g/mol. The Kier molecular flexibility index (Phi) is 8.55. The number of hydrogen-bond acceptors (Lipinski definition) is 3. The number of carboxylic acids is 1. The van der Waals surface area contributed by atoms with E-state index in [1.54, 1.807) is 0 Å². The zero-order valence-electron chi connectivity index (χ0n) is 14.4. The van der Waals surface area contributed by atoms with E-state index in [0.29, 0.717) is 31.5 Å². The van der Waals surface area contributed by atoms with Crippen LogP contribution in [0, 0.1) is 5.41 Å². The zero-order chi connectivity index (χ0) is 16.6. The van der Waals surface area contributed by atoms with Crippen molar-refractivity contribution in [2.75, 3.05) is 13.1 Å². The highest BCUT2D eigenvalue weighted by Gasteiger charge is 2.37. The summed E-state index contributed by atoms with van der Waals surface area (Å²) in [6, 6.07) is 0.845. The molecule has 124 valence electrons. The van der Waals surface area contributed by atoms with Gasteiger partial charge in [-0.25, -0.2) is 0 Å². The summed E-state index contributed by atoms with van der Waals surface area (Å²) in [6.45, 7) is 13.5. The molecule has 0 aliphatic carbocycles. The van der Waals surface area contributed by atoms with Crippen LogP contribution in [-0.2, 0) is 9.59 Å². The molecule has 0 rings (SSSR count). The third-order valence-corrected chi connectivity index (χ3v) is 4.32. The Morgan fingerprint density at radius 3 is 1.90 bits per heavy atom. The number of nitrogens with zero attached hydrogens (tertiary/aromatic N) is 1. The second-order valence-corrected chi connectivity index (χ2v) is 6.24. The van der Waals surface area contributed by atoms with Crippen molar-refractivity contribution in [3.05, 3.63) is 0 Å². The van der Waals surface area contributed by atoms with Crippen LogP contribution in [0.4, 0.5) is 0 Å². The van der Waals surface area contributed by atoms with Crippen molar-refractivity contribution in [2.45, 2.75) is 72.9 Å². The molecule has 21 heavy (non-hydrogen) atoms. The van der Waals surface area contributed by atoms with E-state index in [2.05, 4.69) is 37.9 Å². The van der Waals surface area contributed by atoms with E-state index in [-0.39, 0.29) is 12.3 Å². The fourth-order valence-corrected chi connectivity index (χ4v) is 2.69. The summed E-state index contributed by atoms with van der Waals surface area (Å²) in [5.74, 6) is -1.05. The van der Waals surface area contributed by atoms with Gasteiger partial charge >= 0.3 is 5.97 Å². The SMILES string of the molecule is CCC(CC)(CC(=O)NCCN(C(C)C)C(C)C)C(=O)O. The first-order valence-electron chi connectivity index (χ1n) is 7.96. The molecule has 2 N–H and O–H groups in total. The van der Waals surface area contributed by atoms with Gasteiger partial charge in [0.05, 0.1) is 5.41 Å². The van der Waals surface area contributed by atoms with E-state index >= 15 is 0 Å². The molecule has 5 nitrogen and oxygen atoms in total. The lowest BCUT2D eigenvalue weighted by Gasteiger charge is -2.31. The van der Waals surface area contributed by atoms with Crippen molar-refractivity contribution in [3.8, 4) is 0 Å². The van der Waals surface area contributed by atoms with Crippen molar-refractivity contribution in [1.29, 1.82) is 0 Å². The number of amides is 1. The van der Waals surface area contributed by atoms with Crippen molar-refractivity contribution in [1.82, 2.24) is 10.2 Å². The van der Waals surface area contributed by atoms with Gasteiger partial charge < -0.3 is 10.4 Å². The van der Waals surface area contributed by atoms with Crippen LogP contribution in [0.25, 0.3) is 0 Å². The molecule has 1 amide bonds. The second kappa shape index (κ2) is 9.03. The first-order valence-corrected chi connectivity index (χ1v) is 7.96. The topological polar surface area (TPSA) is 69.6 Å². The summed E-state index contributed by atoms with van der Waals surface area (Å²) in [7, 11) is 0. The zero-order valence-corrected chi connectivity index (χ0v) is 14.4. The van der Waals surface area contributed by atoms with Crippen LogP contribution in [-0.4, -0.2) is 47.1 Å². The first-order chi connectivity index (χ1) is 9.70. The normalized spacial score (nSPS) is 12.2. The Hall–Kier alpha value is -1.10. The Balaban J connectivity index is 4.41. The largest absolute Gasteiger partial charge is 0.481 e. The molecule has 0 aromatic rings. The molecule has 0 heterocycles. The van der Waals surface area contributed by atoms with E-state index in [9.17, 15) is 14.7 Å². The van der Waals surface area contributed by atoms with Gasteiger partial charge in [0.2, 0.25) is 5.91 Å². The van der Waals surface area contributed by atoms with E-state index in [1.807, 2.05) is 13.8 Å². The molecular weight excluding hydrogens is 268 g/mol. The van der Waals surface area contributed by atoms with Crippen molar-refractivity contribution < 1.29 is 14.7 Å². The summed E-state index contributed by atoms with van der Waals surface area (Å²) in [5, 5.41) is 12.2. The molecule has 0 fully saturated rings. The lowest BCUT2D eigenvalue weighted by molar-refractivity contribution is -0.152. The Morgan fingerprint density at radius 2 is 1.57 bits per heavy atom. The minimum atomic E-state index is -0.931. The molecule has 0 atom stereocenters. The maximum atomic E-state index is 12.0. The van der Waals surface area contributed by atoms with Crippen LogP contribution in [0.15, 0.2) is 0 Å². The predicted octanol–water partition coefficient (Wildman–Crippen LogP) is 2.50. The number of carboxylic acid groups (broad SMARTS) is 1.